The molecule has 1 saturated carbocycles. The number of carbonyl (C=O) groups is 1. The fraction of sp³-hybridized carbons (Fsp3) is 0.538. The fourth-order valence-corrected chi connectivity index (χ4v) is 2.71. The first-order chi connectivity index (χ1) is 8.66. The van der Waals surface area contributed by atoms with Gasteiger partial charge in [-0.05, 0) is 31.2 Å². The van der Waals surface area contributed by atoms with Gasteiger partial charge in [0.25, 0.3) is 5.91 Å². The van der Waals surface area contributed by atoms with Gasteiger partial charge in [-0.1, -0.05) is 6.42 Å². The maximum Gasteiger partial charge on any atom is 0.254 e. The first-order valence-corrected chi connectivity index (χ1v) is 6.62. The van der Waals surface area contributed by atoms with Gasteiger partial charge in [0.1, 0.15) is 0 Å². The Morgan fingerprint density at radius 2 is 2.39 bits per heavy atom. The maximum absolute atomic E-state index is 13.3. The van der Waals surface area contributed by atoms with E-state index in [-0.39, 0.29) is 16.8 Å². The van der Waals surface area contributed by atoms with Gasteiger partial charge >= 0.3 is 0 Å². The zero-order valence-corrected chi connectivity index (χ0v) is 10.8. The van der Waals surface area contributed by atoms with Gasteiger partial charge in [-0.2, -0.15) is 0 Å². The molecule has 1 aliphatic carbocycles. The molecular formula is C13H16ClFN2O. The van der Waals surface area contributed by atoms with Crippen molar-refractivity contribution in [1.29, 1.82) is 0 Å². The summed E-state index contributed by atoms with van der Waals surface area (Å²) < 4.78 is 13.3. The monoisotopic (exact) mass is 270 g/mol. The fourth-order valence-electron chi connectivity index (χ4n) is 2.30. The van der Waals surface area contributed by atoms with Crippen molar-refractivity contribution < 1.29 is 9.18 Å². The van der Waals surface area contributed by atoms with Crippen LogP contribution in [0.1, 0.15) is 36.0 Å². The lowest BCUT2D eigenvalue weighted by molar-refractivity contribution is 0.0939. The predicted octanol–water partition coefficient (Wildman–Crippen LogP) is 2.75. The van der Waals surface area contributed by atoms with Crippen LogP contribution in [0.3, 0.4) is 0 Å². The van der Waals surface area contributed by atoms with Crippen LogP contribution >= 0.6 is 11.6 Å². The van der Waals surface area contributed by atoms with Crippen molar-refractivity contribution in [3.63, 3.8) is 0 Å². The lowest BCUT2D eigenvalue weighted by Gasteiger charge is -2.25. The molecule has 2 unspecified atom stereocenters. The van der Waals surface area contributed by atoms with Crippen LogP contribution in [0.15, 0.2) is 18.5 Å². The molecule has 1 heterocycles. The summed E-state index contributed by atoms with van der Waals surface area (Å²) in [5, 5.41) is 2.97. The van der Waals surface area contributed by atoms with Gasteiger partial charge in [0.15, 0.2) is 5.82 Å². The van der Waals surface area contributed by atoms with Crippen molar-refractivity contribution in [2.24, 2.45) is 5.92 Å². The second kappa shape index (κ2) is 6.14. The Labute approximate surface area is 111 Å². The lowest BCUT2D eigenvalue weighted by atomic mass is 9.89. The molecule has 0 aromatic carbocycles. The average molecular weight is 271 g/mol. The van der Waals surface area contributed by atoms with Crippen LogP contribution in [-0.4, -0.2) is 22.8 Å². The van der Waals surface area contributed by atoms with Gasteiger partial charge in [0.05, 0.1) is 11.8 Å². The van der Waals surface area contributed by atoms with Crippen molar-refractivity contribution in [2.45, 2.75) is 31.1 Å². The second-order valence-electron chi connectivity index (χ2n) is 4.70. The van der Waals surface area contributed by atoms with Crippen LogP contribution in [0.25, 0.3) is 0 Å². The molecule has 98 valence electrons. The van der Waals surface area contributed by atoms with Gasteiger partial charge in [0, 0.05) is 18.1 Å². The molecule has 1 N–H and O–H groups in total. The van der Waals surface area contributed by atoms with E-state index in [4.69, 9.17) is 11.6 Å². The van der Waals surface area contributed by atoms with Gasteiger partial charge in [-0.3, -0.25) is 9.78 Å². The van der Waals surface area contributed by atoms with Crippen LogP contribution in [-0.2, 0) is 0 Å². The molecule has 1 aromatic heterocycles. The SMILES string of the molecule is O=C(NCC1CCCC(Cl)C1)c1ccncc1F. The van der Waals surface area contributed by atoms with Gasteiger partial charge in [-0.25, -0.2) is 4.39 Å². The number of alkyl halides is 1. The summed E-state index contributed by atoms with van der Waals surface area (Å²) in [6, 6.07) is 1.38. The van der Waals surface area contributed by atoms with Gasteiger partial charge in [0.2, 0.25) is 0 Å². The van der Waals surface area contributed by atoms with Crippen LogP contribution in [0, 0.1) is 11.7 Å². The summed E-state index contributed by atoms with van der Waals surface area (Å²) in [4.78, 5) is 15.4. The minimum atomic E-state index is -0.589. The number of rotatable bonds is 3. The molecule has 0 bridgehead atoms. The van der Waals surface area contributed by atoms with E-state index < -0.39 is 5.82 Å². The lowest BCUT2D eigenvalue weighted by Crippen LogP contribution is -2.32. The maximum atomic E-state index is 13.3. The van der Waals surface area contributed by atoms with E-state index in [2.05, 4.69) is 10.3 Å². The largest absolute Gasteiger partial charge is 0.352 e. The van der Waals surface area contributed by atoms with Crippen molar-refractivity contribution in [3.8, 4) is 0 Å². The number of carbonyl (C=O) groups excluding carboxylic acids is 1. The zero-order valence-electron chi connectivity index (χ0n) is 10.0. The van der Waals surface area contributed by atoms with E-state index >= 15 is 0 Å². The van der Waals surface area contributed by atoms with Crippen LogP contribution in [0.2, 0.25) is 0 Å². The highest BCUT2D eigenvalue weighted by Crippen LogP contribution is 2.27. The first-order valence-electron chi connectivity index (χ1n) is 6.18. The molecule has 0 spiro atoms. The highest BCUT2D eigenvalue weighted by Gasteiger charge is 2.21. The minimum Gasteiger partial charge on any atom is -0.352 e. The van der Waals surface area contributed by atoms with E-state index in [1.165, 1.54) is 12.3 Å². The highest BCUT2D eigenvalue weighted by molar-refractivity contribution is 6.20. The molecule has 1 aliphatic rings. The first kappa shape index (κ1) is 13.3. The summed E-state index contributed by atoms with van der Waals surface area (Å²) in [5.41, 5.74) is 0.0447. The van der Waals surface area contributed by atoms with Crippen molar-refractivity contribution in [1.82, 2.24) is 10.3 Å². The van der Waals surface area contributed by atoms with Gasteiger partial charge in [-0.15, -0.1) is 11.6 Å². The predicted molar refractivity (Wildman–Crippen MR) is 68.1 cm³/mol. The minimum absolute atomic E-state index is 0.0447. The quantitative estimate of drug-likeness (QED) is 0.858. The Bertz CT molecular complexity index is 427. The molecular weight excluding hydrogens is 255 g/mol. The molecule has 1 amide bonds. The summed E-state index contributed by atoms with van der Waals surface area (Å²) >= 11 is 6.09. The van der Waals surface area contributed by atoms with E-state index in [0.717, 1.165) is 31.9 Å². The number of hydrogen-bond donors (Lipinski definition) is 1. The smallest absolute Gasteiger partial charge is 0.254 e. The Morgan fingerprint density at radius 1 is 1.56 bits per heavy atom. The Hall–Kier alpha value is -1.16. The Morgan fingerprint density at radius 3 is 3.11 bits per heavy atom. The standard InChI is InChI=1S/C13H16ClFN2O/c14-10-3-1-2-9(6-10)7-17-13(18)11-4-5-16-8-12(11)15/h4-5,8-10H,1-3,6-7H2,(H,17,18). The summed E-state index contributed by atoms with van der Waals surface area (Å²) in [6.45, 7) is 0.559. The number of amides is 1. The van der Waals surface area contributed by atoms with Crippen LogP contribution in [0.4, 0.5) is 4.39 Å². The molecule has 3 nitrogen and oxygen atoms in total. The third-order valence-electron chi connectivity index (χ3n) is 3.29. The molecule has 2 atom stereocenters. The van der Waals surface area contributed by atoms with E-state index in [9.17, 15) is 9.18 Å². The molecule has 2 rings (SSSR count). The van der Waals surface area contributed by atoms with Crippen molar-refractivity contribution in [2.75, 3.05) is 6.54 Å². The van der Waals surface area contributed by atoms with E-state index in [1.54, 1.807) is 0 Å². The normalized spacial score (nSPS) is 23.7. The number of nitrogens with zero attached hydrogens (tertiary/aromatic N) is 1. The second-order valence-corrected chi connectivity index (χ2v) is 5.31. The summed E-state index contributed by atoms with van der Waals surface area (Å²) in [7, 11) is 0. The summed E-state index contributed by atoms with van der Waals surface area (Å²) in [6.07, 6.45) is 6.59. The topological polar surface area (TPSA) is 42.0 Å². The number of nitrogens with one attached hydrogen (secondary N) is 1. The molecule has 0 radical (unpaired) electrons. The third-order valence-corrected chi connectivity index (χ3v) is 3.68. The highest BCUT2D eigenvalue weighted by atomic mass is 35.5. The van der Waals surface area contributed by atoms with Crippen molar-refractivity contribution >= 4 is 17.5 Å². The molecule has 0 aliphatic heterocycles. The average Bonchev–Trinajstić information content (AvgIpc) is 2.37. The number of hydrogen-bond acceptors (Lipinski definition) is 2. The molecule has 1 fully saturated rings. The van der Waals surface area contributed by atoms with E-state index in [0.29, 0.717) is 12.5 Å². The molecule has 5 heteroatoms. The Kier molecular flexibility index (Phi) is 4.53. The number of pyridine rings is 1. The number of aromatic nitrogens is 1. The number of halogens is 2. The van der Waals surface area contributed by atoms with Crippen molar-refractivity contribution in [3.05, 3.63) is 29.8 Å². The van der Waals surface area contributed by atoms with Crippen LogP contribution in [0.5, 0.6) is 0 Å². The summed E-state index contributed by atoms with van der Waals surface area (Å²) in [5.74, 6) is -0.574. The third kappa shape index (κ3) is 3.42. The van der Waals surface area contributed by atoms with E-state index in [1.807, 2.05) is 0 Å². The van der Waals surface area contributed by atoms with Gasteiger partial charge < -0.3 is 5.32 Å². The molecule has 0 saturated heterocycles. The molecule has 1 aromatic rings. The van der Waals surface area contributed by atoms with Crippen LogP contribution < -0.4 is 5.32 Å². The zero-order chi connectivity index (χ0) is 13.0. The Balaban J connectivity index is 1.87. The molecule has 18 heavy (non-hydrogen) atoms.